The van der Waals surface area contributed by atoms with Crippen LogP contribution in [0.15, 0.2) is 42.5 Å². The van der Waals surface area contributed by atoms with Crippen molar-refractivity contribution in [2.45, 2.75) is 31.7 Å². The van der Waals surface area contributed by atoms with Gasteiger partial charge in [-0.25, -0.2) is 4.39 Å². The molecule has 1 saturated carbocycles. The number of hydrogen-bond acceptors (Lipinski definition) is 3. The standard InChI is InChI=1S/C21H22ClFN2O3/c22-18-2-1-3-19(23)17(18)12-20(26)24-11-10-14-4-8-16(9-5-14)28-13-21(27)25-15-6-7-15/h1-5,8-9,15H,6-7,10-13H2,(H,24,26)(H,25,27). The van der Waals surface area contributed by atoms with Gasteiger partial charge < -0.3 is 15.4 Å². The molecule has 2 aromatic rings. The van der Waals surface area contributed by atoms with Gasteiger partial charge in [-0.1, -0.05) is 29.8 Å². The summed E-state index contributed by atoms with van der Waals surface area (Å²) >= 11 is 5.93. The van der Waals surface area contributed by atoms with Gasteiger partial charge in [-0.2, -0.15) is 0 Å². The number of benzene rings is 2. The topological polar surface area (TPSA) is 67.4 Å². The number of rotatable bonds is 9. The first-order chi connectivity index (χ1) is 13.5. The summed E-state index contributed by atoms with van der Waals surface area (Å²) < 4.78 is 19.2. The Kier molecular flexibility index (Phi) is 6.87. The Morgan fingerprint density at radius 2 is 1.86 bits per heavy atom. The highest BCUT2D eigenvalue weighted by Gasteiger charge is 2.23. The summed E-state index contributed by atoms with van der Waals surface area (Å²) in [7, 11) is 0. The molecule has 1 aliphatic carbocycles. The summed E-state index contributed by atoms with van der Waals surface area (Å²) in [6, 6.07) is 12.0. The third-order valence-electron chi connectivity index (χ3n) is 4.37. The molecule has 148 valence electrons. The molecule has 0 radical (unpaired) electrons. The van der Waals surface area contributed by atoms with E-state index in [1.807, 2.05) is 12.1 Å². The van der Waals surface area contributed by atoms with Gasteiger partial charge in [0.2, 0.25) is 5.91 Å². The van der Waals surface area contributed by atoms with Crippen molar-refractivity contribution < 1.29 is 18.7 Å². The highest BCUT2D eigenvalue weighted by atomic mass is 35.5. The van der Waals surface area contributed by atoms with E-state index in [2.05, 4.69) is 10.6 Å². The molecule has 0 aliphatic heterocycles. The van der Waals surface area contributed by atoms with E-state index in [0.717, 1.165) is 18.4 Å². The van der Waals surface area contributed by atoms with Gasteiger partial charge in [0.25, 0.3) is 5.91 Å². The molecule has 2 amide bonds. The number of carbonyl (C=O) groups is 2. The maximum absolute atomic E-state index is 13.7. The molecule has 7 heteroatoms. The zero-order chi connectivity index (χ0) is 19.9. The van der Waals surface area contributed by atoms with Crippen LogP contribution in [0, 0.1) is 5.82 Å². The van der Waals surface area contributed by atoms with Gasteiger partial charge in [0.15, 0.2) is 6.61 Å². The average Bonchev–Trinajstić information content (AvgIpc) is 3.48. The molecular weight excluding hydrogens is 383 g/mol. The Morgan fingerprint density at radius 1 is 1.11 bits per heavy atom. The Hall–Kier alpha value is -2.60. The first-order valence-electron chi connectivity index (χ1n) is 9.22. The molecule has 3 rings (SSSR count). The minimum Gasteiger partial charge on any atom is -0.484 e. The molecule has 0 unspecified atom stereocenters. The Labute approximate surface area is 168 Å². The van der Waals surface area contributed by atoms with Crippen LogP contribution in [0.5, 0.6) is 5.75 Å². The molecule has 1 fully saturated rings. The molecule has 0 spiro atoms. The number of carbonyl (C=O) groups excluding carboxylic acids is 2. The highest BCUT2D eigenvalue weighted by Crippen LogP contribution is 2.20. The lowest BCUT2D eigenvalue weighted by Gasteiger charge is -2.09. The zero-order valence-electron chi connectivity index (χ0n) is 15.3. The van der Waals surface area contributed by atoms with Crippen molar-refractivity contribution in [1.82, 2.24) is 10.6 Å². The lowest BCUT2D eigenvalue weighted by molar-refractivity contribution is -0.123. The SMILES string of the molecule is O=C(Cc1c(F)cccc1Cl)NCCc1ccc(OCC(=O)NC2CC2)cc1. The molecular formula is C21H22ClFN2O3. The third-order valence-corrected chi connectivity index (χ3v) is 4.72. The Balaban J connectivity index is 1.38. The third kappa shape index (κ3) is 6.23. The van der Waals surface area contributed by atoms with E-state index >= 15 is 0 Å². The fourth-order valence-electron chi connectivity index (χ4n) is 2.67. The predicted molar refractivity (Wildman–Crippen MR) is 105 cm³/mol. The smallest absolute Gasteiger partial charge is 0.258 e. The minimum absolute atomic E-state index is 0.00447. The van der Waals surface area contributed by atoms with E-state index in [1.54, 1.807) is 18.2 Å². The second-order valence-electron chi connectivity index (χ2n) is 6.75. The average molecular weight is 405 g/mol. The lowest BCUT2D eigenvalue weighted by Crippen LogP contribution is -2.30. The first kappa shape index (κ1) is 20.1. The van der Waals surface area contributed by atoms with E-state index in [-0.39, 0.29) is 35.4 Å². The van der Waals surface area contributed by atoms with Crippen LogP contribution in [-0.2, 0) is 22.4 Å². The zero-order valence-corrected chi connectivity index (χ0v) is 16.1. The molecule has 0 heterocycles. The van der Waals surface area contributed by atoms with Crippen molar-refractivity contribution in [3.8, 4) is 5.75 Å². The number of amides is 2. The van der Waals surface area contributed by atoms with Crippen LogP contribution in [0.1, 0.15) is 24.0 Å². The molecule has 28 heavy (non-hydrogen) atoms. The Morgan fingerprint density at radius 3 is 2.54 bits per heavy atom. The minimum atomic E-state index is -0.482. The second-order valence-corrected chi connectivity index (χ2v) is 7.16. The summed E-state index contributed by atoms with van der Waals surface area (Å²) in [4.78, 5) is 23.6. The molecule has 2 N–H and O–H groups in total. The van der Waals surface area contributed by atoms with Gasteiger partial charge in [-0.05, 0) is 49.1 Å². The monoisotopic (exact) mass is 404 g/mol. The second kappa shape index (κ2) is 9.55. The highest BCUT2D eigenvalue weighted by molar-refractivity contribution is 6.31. The van der Waals surface area contributed by atoms with E-state index in [4.69, 9.17) is 16.3 Å². The molecule has 0 bridgehead atoms. The number of ether oxygens (including phenoxy) is 1. The maximum Gasteiger partial charge on any atom is 0.258 e. The van der Waals surface area contributed by atoms with Crippen molar-refractivity contribution in [2.24, 2.45) is 0 Å². The van der Waals surface area contributed by atoms with Crippen LogP contribution in [-0.4, -0.2) is 31.0 Å². The Bertz CT molecular complexity index is 818. The molecule has 1 aliphatic rings. The van der Waals surface area contributed by atoms with E-state index in [1.165, 1.54) is 12.1 Å². The number of nitrogens with one attached hydrogen (secondary N) is 2. The number of halogens is 2. The van der Waals surface area contributed by atoms with E-state index in [9.17, 15) is 14.0 Å². The molecule has 0 saturated heterocycles. The molecule has 5 nitrogen and oxygen atoms in total. The van der Waals surface area contributed by atoms with Gasteiger partial charge in [-0.15, -0.1) is 0 Å². The van der Waals surface area contributed by atoms with Crippen LogP contribution in [0.25, 0.3) is 0 Å². The fourth-order valence-corrected chi connectivity index (χ4v) is 2.90. The number of hydrogen-bond donors (Lipinski definition) is 2. The van der Waals surface area contributed by atoms with Gasteiger partial charge in [-0.3, -0.25) is 9.59 Å². The molecule has 2 aromatic carbocycles. The van der Waals surface area contributed by atoms with Crippen LogP contribution < -0.4 is 15.4 Å². The quantitative estimate of drug-likeness (QED) is 0.675. The van der Waals surface area contributed by atoms with Gasteiger partial charge in [0.1, 0.15) is 11.6 Å². The van der Waals surface area contributed by atoms with Gasteiger partial charge in [0, 0.05) is 23.2 Å². The maximum atomic E-state index is 13.7. The summed E-state index contributed by atoms with van der Waals surface area (Å²) in [6.07, 6.45) is 2.62. The summed E-state index contributed by atoms with van der Waals surface area (Å²) in [5.41, 5.74) is 1.22. The van der Waals surface area contributed by atoms with Crippen LogP contribution in [0.4, 0.5) is 4.39 Å². The van der Waals surface area contributed by atoms with Crippen LogP contribution in [0.2, 0.25) is 5.02 Å². The van der Waals surface area contributed by atoms with E-state index < -0.39 is 5.82 Å². The van der Waals surface area contributed by atoms with E-state index in [0.29, 0.717) is 24.8 Å². The molecule has 0 aromatic heterocycles. The normalized spacial score (nSPS) is 13.1. The summed E-state index contributed by atoms with van der Waals surface area (Å²) in [6.45, 7) is 0.430. The molecule has 0 atom stereocenters. The lowest BCUT2D eigenvalue weighted by atomic mass is 10.1. The largest absolute Gasteiger partial charge is 0.484 e. The first-order valence-corrected chi connectivity index (χ1v) is 9.60. The summed E-state index contributed by atoms with van der Waals surface area (Å²) in [5.74, 6) is -0.255. The van der Waals surface area contributed by atoms with Crippen molar-refractivity contribution >= 4 is 23.4 Å². The van der Waals surface area contributed by atoms with Crippen LogP contribution >= 0.6 is 11.6 Å². The van der Waals surface area contributed by atoms with Gasteiger partial charge in [0.05, 0.1) is 6.42 Å². The van der Waals surface area contributed by atoms with Crippen LogP contribution in [0.3, 0.4) is 0 Å². The fraction of sp³-hybridized carbons (Fsp3) is 0.333. The van der Waals surface area contributed by atoms with Crippen molar-refractivity contribution in [2.75, 3.05) is 13.2 Å². The van der Waals surface area contributed by atoms with Gasteiger partial charge >= 0.3 is 0 Å². The van der Waals surface area contributed by atoms with Crippen molar-refractivity contribution in [1.29, 1.82) is 0 Å². The van der Waals surface area contributed by atoms with Crippen molar-refractivity contribution in [3.05, 3.63) is 64.4 Å². The van der Waals surface area contributed by atoms with Crippen molar-refractivity contribution in [3.63, 3.8) is 0 Å². The summed E-state index contributed by atoms with van der Waals surface area (Å²) in [5, 5.41) is 5.87. The predicted octanol–water partition coefficient (Wildman–Crippen LogP) is 3.04.